The maximum Gasteiger partial charge on any atom is 0.128 e. The highest BCUT2D eigenvalue weighted by molar-refractivity contribution is 5.41. The Kier molecular flexibility index (Phi) is 4.19. The second kappa shape index (κ2) is 5.67. The van der Waals surface area contributed by atoms with Gasteiger partial charge < -0.3 is 15.2 Å². The van der Waals surface area contributed by atoms with E-state index in [2.05, 4.69) is 10.3 Å². The van der Waals surface area contributed by atoms with Gasteiger partial charge in [0.15, 0.2) is 0 Å². The zero-order valence-electron chi connectivity index (χ0n) is 11.4. The van der Waals surface area contributed by atoms with Gasteiger partial charge in [0.2, 0.25) is 0 Å². The molecular weight excluding hydrogens is 228 g/mol. The largest absolute Gasteiger partial charge is 0.496 e. The lowest BCUT2D eigenvalue weighted by molar-refractivity contribution is 0.170. The SMILES string of the molecule is COc1c(C)cnc(CC(O)CNC2CC2)c1C. The molecule has 2 rings (SSSR count). The summed E-state index contributed by atoms with van der Waals surface area (Å²) in [5, 5.41) is 13.3. The lowest BCUT2D eigenvalue weighted by Gasteiger charge is -2.15. The lowest BCUT2D eigenvalue weighted by atomic mass is 10.1. The number of nitrogens with one attached hydrogen (secondary N) is 1. The molecule has 1 aromatic heterocycles. The van der Waals surface area contributed by atoms with E-state index in [0.29, 0.717) is 19.0 Å². The van der Waals surface area contributed by atoms with Crippen LogP contribution >= 0.6 is 0 Å². The van der Waals surface area contributed by atoms with Gasteiger partial charge in [0, 0.05) is 42.0 Å². The third kappa shape index (κ3) is 3.21. The molecule has 0 aromatic carbocycles. The van der Waals surface area contributed by atoms with Crippen molar-refractivity contribution in [3.8, 4) is 5.75 Å². The van der Waals surface area contributed by atoms with E-state index in [1.54, 1.807) is 7.11 Å². The Hall–Kier alpha value is -1.13. The van der Waals surface area contributed by atoms with Crippen LogP contribution in [0.25, 0.3) is 0 Å². The van der Waals surface area contributed by atoms with Crippen molar-refractivity contribution < 1.29 is 9.84 Å². The van der Waals surface area contributed by atoms with Crippen molar-refractivity contribution in [3.05, 3.63) is 23.0 Å². The smallest absolute Gasteiger partial charge is 0.128 e. The molecule has 18 heavy (non-hydrogen) atoms. The van der Waals surface area contributed by atoms with Crippen molar-refractivity contribution in [1.82, 2.24) is 10.3 Å². The second-order valence-electron chi connectivity index (χ2n) is 5.09. The first-order valence-corrected chi connectivity index (χ1v) is 6.52. The Morgan fingerprint density at radius 3 is 2.83 bits per heavy atom. The summed E-state index contributed by atoms with van der Waals surface area (Å²) in [6.07, 6.45) is 4.47. The van der Waals surface area contributed by atoms with Crippen LogP contribution in [0.2, 0.25) is 0 Å². The Bertz CT molecular complexity index is 417. The molecule has 1 aliphatic rings. The third-order valence-corrected chi connectivity index (χ3v) is 3.40. The molecule has 4 heteroatoms. The monoisotopic (exact) mass is 250 g/mol. The molecule has 0 bridgehead atoms. The van der Waals surface area contributed by atoms with E-state index in [0.717, 1.165) is 22.6 Å². The molecule has 1 aliphatic carbocycles. The van der Waals surface area contributed by atoms with E-state index < -0.39 is 0 Å². The molecule has 0 saturated heterocycles. The Morgan fingerprint density at radius 2 is 2.22 bits per heavy atom. The molecule has 1 atom stereocenters. The van der Waals surface area contributed by atoms with Crippen LogP contribution in [-0.2, 0) is 6.42 Å². The molecule has 1 unspecified atom stereocenters. The van der Waals surface area contributed by atoms with Crippen molar-refractivity contribution in [1.29, 1.82) is 0 Å². The van der Waals surface area contributed by atoms with Crippen molar-refractivity contribution >= 4 is 0 Å². The van der Waals surface area contributed by atoms with E-state index in [1.807, 2.05) is 20.0 Å². The number of rotatable bonds is 6. The number of hydrogen-bond acceptors (Lipinski definition) is 4. The van der Waals surface area contributed by atoms with E-state index in [4.69, 9.17) is 4.74 Å². The summed E-state index contributed by atoms with van der Waals surface area (Å²) in [4.78, 5) is 4.40. The number of ether oxygens (including phenoxy) is 1. The van der Waals surface area contributed by atoms with Crippen LogP contribution in [0, 0.1) is 13.8 Å². The van der Waals surface area contributed by atoms with Gasteiger partial charge in [-0.1, -0.05) is 0 Å². The van der Waals surface area contributed by atoms with Crippen molar-refractivity contribution in [2.45, 2.75) is 45.3 Å². The molecule has 1 saturated carbocycles. The number of aliphatic hydroxyl groups excluding tert-OH is 1. The van der Waals surface area contributed by atoms with E-state index in [1.165, 1.54) is 12.8 Å². The number of methoxy groups -OCH3 is 1. The summed E-state index contributed by atoms with van der Waals surface area (Å²) in [7, 11) is 1.67. The summed E-state index contributed by atoms with van der Waals surface area (Å²) in [5.41, 5.74) is 2.98. The van der Waals surface area contributed by atoms with Gasteiger partial charge in [-0.3, -0.25) is 4.98 Å². The molecule has 1 heterocycles. The average molecular weight is 250 g/mol. The van der Waals surface area contributed by atoms with Crippen LogP contribution in [0.5, 0.6) is 5.75 Å². The fraction of sp³-hybridized carbons (Fsp3) is 0.643. The maximum absolute atomic E-state index is 9.99. The first-order valence-electron chi connectivity index (χ1n) is 6.52. The summed E-state index contributed by atoms with van der Waals surface area (Å²) in [6.45, 7) is 4.62. The van der Waals surface area contributed by atoms with Crippen molar-refractivity contribution in [2.24, 2.45) is 0 Å². The maximum atomic E-state index is 9.99. The van der Waals surface area contributed by atoms with Gasteiger partial charge in [-0.05, 0) is 26.7 Å². The fourth-order valence-corrected chi connectivity index (χ4v) is 2.16. The quantitative estimate of drug-likeness (QED) is 0.800. The molecule has 0 radical (unpaired) electrons. The van der Waals surface area contributed by atoms with Crippen LogP contribution in [0.1, 0.15) is 29.7 Å². The average Bonchev–Trinajstić information content (AvgIpc) is 3.15. The topological polar surface area (TPSA) is 54.4 Å². The second-order valence-corrected chi connectivity index (χ2v) is 5.09. The van der Waals surface area contributed by atoms with Gasteiger partial charge >= 0.3 is 0 Å². The first-order chi connectivity index (χ1) is 8.61. The number of nitrogens with zero attached hydrogens (tertiary/aromatic N) is 1. The highest BCUT2D eigenvalue weighted by Gasteiger charge is 2.22. The van der Waals surface area contributed by atoms with E-state index in [-0.39, 0.29) is 6.10 Å². The predicted molar refractivity (Wildman–Crippen MR) is 71.0 cm³/mol. The number of aliphatic hydroxyl groups is 1. The van der Waals surface area contributed by atoms with Gasteiger partial charge in [-0.2, -0.15) is 0 Å². The van der Waals surface area contributed by atoms with Crippen LogP contribution < -0.4 is 10.1 Å². The predicted octanol–water partition coefficient (Wildman–Crippen LogP) is 1.36. The van der Waals surface area contributed by atoms with Crippen LogP contribution in [-0.4, -0.2) is 35.9 Å². The summed E-state index contributed by atoms with van der Waals surface area (Å²) in [5.74, 6) is 0.877. The summed E-state index contributed by atoms with van der Waals surface area (Å²) in [6, 6.07) is 0.626. The number of aryl methyl sites for hydroxylation is 1. The van der Waals surface area contributed by atoms with Crippen molar-refractivity contribution in [2.75, 3.05) is 13.7 Å². The zero-order valence-corrected chi connectivity index (χ0v) is 11.4. The number of pyridine rings is 1. The van der Waals surface area contributed by atoms with Crippen LogP contribution in [0.15, 0.2) is 6.20 Å². The Labute approximate surface area is 108 Å². The standard InChI is InChI=1S/C14H22N2O2/c1-9-7-16-13(10(2)14(9)18-3)6-12(17)8-15-11-4-5-11/h7,11-12,15,17H,4-6,8H2,1-3H3. The normalized spacial score (nSPS) is 16.7. The van der Waals surface area contributed by atoms with Crippen LogP contribution in [0.3, 0.4) is 0 Å². The molecule has 1 fully saturated rings. The minimum Gasteiger partial charge on any atom is -0.496 e. The highest BCUT2D eigenvalue weighted by atomic mass is 16.5. The third-order valence-electron chi connectivity index (χ3n) is 3.40. The summed E-state index contributed by atoms with van der Waals surface area (Å²) < 4.78 is 5.37. The minimum atomic E-state index is -0.385. The van der Waals surface area contributed by atoms with Gasteiger partial charge in [-0.15, -0.1) is 0 Å². The molecule has 100 valence electrons. The van der Waals surface area contributed by atoms with Crippen molar-refractivity contribution in [3.63, 3.8) is 0 Å². The van der Waals surface area contributed by atoms with Gasteiger partial charge in [0.05, 0.1) is 13.2 Å². The number of hydrogen-bond donors (Lipinski definition) is 2. The number of aromatic nitrogens is 1. The molecular formula is C14H22N2O2. The first kappa shape index (κ1) is 13.3. The molecule has 2 N–H and O–H groups in total. The van der Waals surface area contributed by atoms with Crippen LogP contribution in [0.4, 0.5) is 0 Å². The Morgan fingerprint density at radius 1 is 1.50 bits per heavy atom. The van der Waals surface area contributed by atoms with Gasteiger partial charge in [-0.25, -0.2) is 0 Å². The Balaban J connectivity index is 1.98. The van der Waals surface area contributed by atoms with E-state index >= 15 is 0 Å². The lowest BCUT2D eigenvalue weighted by Crippen LogP contribution is -2.30. The fourth-order valence-electron chi connectivity index (χ4n) is 2.16. The summed E-state index contributed by atoms with van der Waals surface area (Å²) >= 11 is 0. The molecule has 0 spiro atoms. The van der Waals surface area contributed by atoms with Gasteiger partial charge in [0.1, 0.15) is 5.75 Å². The van der Waals surface area contributed by atoms with Gasteiger partial charge in [0.25, 0.3) is 0 Å². The molecule has 1 aromatic rings. The molecule has 4 nitrogen and oxygen atoms in total. The highest BCUT2D eigenvalue weighted by Crippen LogP contribution is 2.24. The minimum absolute atomic E-state index is 0.385. The van der Waals surface area contributed by atoms with E-state index in [9.17, 15) is 5.11 Å². The molecule has 0 amide bonds. The zero-order chi connectivity index (χ0) is 13.1. The molecule has 0 aliphatic heterocycles.